The van der Waals surface area contributed by atoms with Crippen LogP contribution in [-0.2, 0) is 13.0 Å². The molecule has 0 saturated carbocycles. The Morgan fingerprint density at radius 3 is 2.83 bits per heavy atom. The summed E-state index contributed by atoms with van der Waals surface area (Å²) >= 11 is 1.33. The fourth-order valence-electron chi connectivity index (χ4n) is 5.81. The van der Waals surface area contributed by atoms with Gasteiger partial charge in [0.2, 0.25) is 5.92 Å². The summed E-state index contributed by atoms with van der Waals surface area (Å²) in [4.78, 5) is 29.7. The number of aromatic nitrogens is 3. The van der Waals surface area contributed by atoms with Gasteiger partial charge in [-0.2, -0.15) is 0 Å². The van der Waals surface area contributed by atoms with Gasteiger partial charge >= 0.3 is 0 Å². The summed E-state index contributed by atoms with van der Waals surface area (Å²) in [6.07, 6.45) is 3.47. The number of hydrogen-bond acceptors (Lipinski definition) is 6. The van der Waals surface area contributed by atoms with E-state index in [1.807, 2.05) is 12.1 Å². The monoisotopic (exact) mass is 510 g/mol. The SMILES string of the molecule is CC(F)(F)Cc1cc2c(N3CC[C@]4(CCN(Cc5ccc6cc(C(N)=O)[nH]c6c5)C4)C3)ncnc2s1. The number of thiophene rings is 1. The molecule has 3 N–H and O–H groups in total. The molecule has 2 aliphatic heterocycles. The molecule has 2 fully saturated rings. The quantitative estimate of drug-likeness (QED) is 0.397. The Balaban J connectivity index is 1.16. The van der Waals surface area contributed by atoms with Gasteiger partial charge in [-0.3, -0.25) is 9.69 Å². The number of likely N-dealkylation sites (tertiary alicyclic amines) is 1. The molecule has 4 aromatic rings. The minimum absolute atomic E-state index is 0.197. The van der Waals surface area contributed by atoms with Crippen LogP contribution < -0.4 is 10.6 Å². The van der Waals surface area contributed by atoms with Gasteiger partial charge in [0.05, 0.1) is 5.39 Å². The average Bonchev–Trinajstić information content (AvgIpc) is 3.58. The zero-order valence-corrected chi connectivity index (χ0v) is 20.9. The summed E-state index contributed by atoms with van der Waals surface area (Å²) in [7, 11) is 0. The number of alkyl halides is 2. The van der Waals surface area contributed by atoms with Crippen molar-refractivity contribution in [1.82, 2.24) is 19.9 Å². The number of carbonyl (C=O) groups is 1. The lowest BCUT2D eigenvalue weighted by Crippen LogP contribution is -2.31. The van der Waals surface area contributed by atoms with Crippen molar-refractivity contribution >= 4 is 44.2 Å². The molecule has 6 rings (SSSR count). The molecule has 0 unspecified atom stereocenters. The van der Waals surface area contributed by atoms with Gasteiger partial charge in [-0.15, -0.1) is 11.3 Å². The van der Waals surface area contributed by atoms with E-state index in [2.05, 4.69) is 36.9 Å². The number of anilines is 1. The van der Waals surface area contributed by atoms with Gasteiger partial charge < -0.3 is 15.6 Å². The third kappa shape index (κ3) is 4.43. The number of nitrogens with one attached hydrogen (secondary N) is 1. The van der Waals surface area contributed by atoms with E-state index in [-0.39, 0.29) is 11.8 Å². The normalized spacial score (nSPS) is 20.9. The highest BCUT2D eigenvalue weighted by Gasteiger charge is 2.44. The lowest BCUT2D eigenvalue weighted by molar-refractivity contribution is 0.0234. The van der Waals surface area contributed by atoms with Crippen molar-refractivity contribution in [3.8, 4) is 0 Å². The molecule has 5 heterocycles. The second kappa shape index (κ2) is 8.48. The topological polar surface area (TPSA) is 91.1 Å². The highest BCUT2D eigenvalue weighted by Crippen LogP contribution is 2.43. The largest absolute Gasteiger partial charge is 0.364 e. The van der Waals surface area contributed by atoms with Crippen LogP contribution in [0.25, 0.3) is 21.1 Å². The summed E-state index contributed by atoms with van der Waals surface area (Å²) in [5, 5.41) is 1.86. The predicted octanol–water partition coefficient (Wildman–Crippen LogP) is 4.57. The molecule has 2 aliphatic rings. The smallest absolute Gasteiger partial charge is 0.265 e. The van der Waals surface area contributed by atoms with Gasteiger partial charge in [0.15, 0.2) is 0 Å². The van der Waals surface area contributed by atoms with Crippen molar-refractivity contribution < 1.29 is 13.6 Å². The summed E-state index contributed by atoms with van der Waals surface area (Å²) in [5.41, 5.74) is 8.14. The number of rotatable bonds is 6. The van der Waals surface area contributed by atoms with Crippen LogP contribution >= 0.6 is 11.3 Å². The van der Waals surface area contributed by atoms with Crippen LogP contribution in [0.5, 0.6) is 0 Å². The molecule has 1 aromatic carbocycles. The van der Waals surface area contributed by atoms with Gasteiger partial charge in [-0.1, -0.05) is 12.1 Å². The number of hydrogen-bond donors (Lipinski definition) is 2. The maximum Gasteiger partial charge on any atom is 0.265 e. The van der Waals surface area contributed by atoms with E-state index in [1.165, 1.54) is 16.9 Å². The highest BCUT2D eigenvalue weighted by atomic mass is 32.1. The molecule has 0 bridgehead atoms. The molecule has 0 aliphatic carbocycles. The van der Waals surface area contributed by atoms with Crippen molar-refractivity contribution in [2.45, 2.75) is 38.7 Å². The third-order valence-electron chi connectivity index (χ3n) is 7.46. The van der Waals surface area contributed by atoms with Crippen molar-refractivity contribution in [3.05, 3.63) is 52.8 Å². The number of fused-ring (bicyclic) bond motifs is 2. The van der Waals surface area contributed by atoms with Crippen LogP contribution in [0.2, 0.25) is 0 Å². The van der Waals surface area contributed by atoms with E-state index in [9.17, 15) is 13.6 Å². The first-order valence-corrected chi connectivity index (χ1v) is 13.0. The summed E-state index contributed by atoms with van der Waals surface area (Å²) < 4.78 is 27.2. The zero-order chi connectivity index (χ0) is 25.1. The van der Waals surface area contributed by atoms with E-state index in [4.69, 9.17) is 5.73 Å². The number of nitrogens with two attached hydrogens (primary N) is 1. The fourth-order valence-corrected chi connectivity index (χ4v) is 6.92. The molecule has 3 aromatic heterocycles. The van der Waals surface area contributed by atoms with E-state index in [1.54, 1.807) is 12.4 Å². The highest BCUT2D eigenvalue weighted by molar-refractivity contribution is 7.18. The number of H-pyrrole nitrogens is 1. The Morgan fingerprint density at radius 2 is 2.03 bits per heavy atom. The van der Waals surface area contributed by atoms with Crippen molar-refractivity contribution in [2.24, 2.45) is 11.1 Å². The number of benzene rings is 1. The molecule has 1 atom stereocenters. The van der Waals surface area contributed by atoms with Gasteiger partial charge in [-0.05, 0) is 50.1 Å². The molecule has 188 valence electrons. The Morgan fingerprint density at radius 1 is 1.19 bits per heavy atom. The van der Waals surface area contributed by atoms with Crippen LogP contribution in [0, 0.1) is 5.41 Å². The standard InChI is InChI=1S/C26H28F2N6OS/c1-25(27,28)11-18-10-19-23(30-15-31-24(19)36-18)34-7-5-26(14-34)4-6-33(13-26)12-16-2-3-17-9-21(22(29)35)32-20(17)8-16/h2-3,8-10,15,32H,4-7,11-14H2,1H3,(H2,29,35)/t26-/m0/s1. The van der Waals surface area contributed by atoms with Gasteiger partial charge in [-0.25, -0.2) is 18.7 Å². The Hall–Kier alpha value is -3.11. The molecule has 1 amide bonds. The summed E-state index contributed by atoms with van der Waals surface area (Å²) in [6.45, 7) is 5.64. The third-order valence-corrected chi connectivity index (χ3v) is 8.50. The summed E-state index contributed by atoms with van der Waals surface area (Å²) in [6, 6.07) is 9.87. The second-order valence-corrected chi connectivity index (χ2v) is 11.6. The predicted molar refractivity (Wildman–Crippen MR) is 138 cm³/mol. The Kier molecular flexibility index (Phi) is 5.49. The van der Waals surface area contributed by atoms with Gasteiger partial charge in [0.1, 0.15) is 22.7 Å². The fraction of sp³-hybridized carbons (Fsp3) is 0.423. The molecule has 7 nitrogen and oxygen atoms in total. The maximum absolute atomic E-state index is 13.6. The van der Waals surface area contributed by atoms with E-state index in [0.29, 0.717) is 10.6 Å². The molecular weight excluding hydrogens is 482 g/mol. The number of primary amides is 1. The van der Waals surface area contributed by atoms with Crippen LogP contribution in [0.3, 0.4) is 0 Å². The molecule has 0 radical (unpaired) electrons. The maximum atomic E-state index is 13.6. The lowest BCUT2D eigenvalue weighted by atomic mass is 9.86. The Labute approximate surface area is 211 Å². The molecule has 1 spiro atoms. The minimum Gasteiger partial charge on any atom is -0.364 e. The first-order chi connectivity index (χ1) is 17.2. The van der Waals surface area contributed by atoms with E-state index in [0.717, 1.165) is 79.4 Å². The van der Waals surface area contributed by atoms with Crippen molar-refractivity contribution in [2.75, 3.05) is 31.1 Å². The van der Waals surface area contributed by atoms with Crippen LogP contribution in [0.1, 0.15) is 40.7 Å². The molecule has 36 heavy (non-hydrogen) atoms. The van der Waals surface area contributed by atoms with Gasteiger partial charge in [0.25, 0.3) is 5.91 Å². The van der Waals surface area contributed by atoms with E-state index < -0.39 is 11.8 Å². The molecule has 10 heteroatoms. The van der Waals surface area contributed by atoms with Crippen molar-refractivity contribution in [3.63, 3.8) is 0 Å². The zero-order valence-electron chi connectivity index (χ0n) is 20.1. The van der Waals surface area contributed by atoms with Crippen LogP contribution in [0.4, 0.5) is 14.6 Å². The average molecular weight is 511 g/mol. The number of carbonyl (C=O) groups excluding carboxylic acids is 1. The number of aromatic amines is 1. The number of amides is 1. The first kappa shape index (κ1) is 23.3. The molecule has 2 saturated heterocycles. The van der Waals surface area contributed by atoms with Crippen LogP contribution in [-0.4, -0.2) is 57.9 Å². The van der Waals surface area contributed by atoms with Crippen molar-refractivity contribution in [1.29, 1.82) is 0 Å². The second-order valence-electron chi connectivity index (χ2n) is 10.5. The molecular formula is C26H28F2N6OS. The van der Waals surface area contributed by atoms with Crippen LogP contribution in [0.15, 0.2) is 36.7 Å². The Bertz CT molecular complexity index is 1460. The lowest BCUT2D eigenvalue weighted by Gasteiger charge is -2.25. The first-order valence-electron chi connectivity index (χ1n) is 12.2. The number of nitrogens with zero attached hydrogens (tertiary/aromatic N) is 4. The number of halogens is 2. The van der Waals surface area contributed by atoms with Gasteiger partial charge in [0, 0.05) is 53.8 Å². The minimum atomic E-state index is -2.74. The summed E-state index contributed by atoms with van der Waals surface area (Å²) in [5.74, 6) is -2.34. The van der Waals surface area contributed by atoms with E-state index >= 15 is 0 Å².